The molecule has 1 saturated carbocycles. The summed E-state index contributed by atoms with van der Waals surface area (Å²) in [4.78, 5) is 26.7. The molecule has 0 aliphatic heterocycles. The lowest BCUT2D eigenvalue weighted by Gasteiger charge is -2.33. The first-order valence-corrected chi connectivity index (χ1v) is 10.2. The molecule has 0 atom stereocenters. The molecule has 0 aromatic heterocycles. The van der Waals surface area contributed by atoms with E-state index in [2.05, 4.69) is 12.1 Å². The van der Waals surface area contributed by atoms with Gasteiger partial charge >= 0.3 is 5.97 Å². The molecule has 144 valence electrons. The Hall–Kier alpha value is -1.84. The van der Waals surface area contributed by atoms with Crippen molar-refractivity contribution in [2.24, 2.45) is 0 Å². The largest absolute Gasteiger partial charge is 0.466 e. The molecule has 1 aromatic carbocycles. The molecule has 0 heterocycles. The summed E-state index contributed by atoms with van der Waals surface area (Å²) in [5.41, 5.74) is 1.18. The van der Waals surface area contributed by atoms with Gasteiger partial charge in [-0.05, 0) is 31.7 Å². The fourth-order valence-corrected chi connectivity index (χ4v) is 3.74. The van der Waals surface area contributed by atoms with E-state index < -0.39 is 0 Å². The maximum absolute atomic E-state index is 13.0. The van der Waals surface area contributed by atoms with Gasteiger partial charge in [-0.25, -0.2) is 0 Å². The third kappa shape index (κ3) is 7.19. The molecule has 4 heteroatoms. The van der Waals surface area contributed by atoms with Crippen LogP contribution in [0.15, 0.2) is 30.3 Å². The number of carbonyl (C=O) groups excluding carboxylic acids is 2. The van der Waals surface area contributed by atoms with Crippen LogP contribution in [0.1, 0.15) is 70.3 Å². The lowest BCUT2D eigenvalue weighted by Crippen LogP contribution is -2.42. The summed E-state index contributed by atoms with van der Waals surface area (Å²) >= 11 is 0. The number of esters is 1. The van der Waals surface area contributed by atoms with Crippen LogP contribution in [0, 0.1) is 0 Å². The molecule has 4 nitrogen and oxygen atoms in total. The van der Waals surface area contributed by atoms with Crippen LogP contribution in [0.5, 0.6) is 0 Å². The van der Waals surface area contributed by atoms with Crippen LogP contribution in [-0.4, -0.2) is 36.0 Å². The first kappa shape index (κ1) is 20.5. The predicted octanol–water partition coefficient (Wildman–Crippen LogP) is 4.51. The highest BCUT2D eigenvalue weighted by atomic mass is 16.5. The Kier molecular flexibility index (Phi) is 9.22. The summed E-state index contributed by atoms with van der Waals surface area (Å²) in [7, 11) is 0. The minimum atomic E-state index is -0.209. The van der Waals surface area contributed by atoms with E-state index in [9.17, 15) is 9.59 Å². The summed E-state index contributed by atoms with van der Waals surface area (Å²) in [6.45, 7) is 2.69. The SMILES string of the molecule is CCOC(=O)CCN(C(=O)CCc1ccccc1)C1CCCCCCC1. The minimum Gasteiger partial charge on any atom is -0.466 e. The van der Waals surface area contributed by atoms with E-state index in [0.717, 1.165) is 19.3 Å². The third-order valence-electron chi connectivity index (χ3n) is 5.17. The van der Waals surface area contributed by atoms with Crippen molar-refractivity contribution >= 4 is 11.9 Å². The Bertz CT molecular complexity index is 536. The molecule has 0 unspecified atom stereocenters. The average molecular weight is 360 g/mol. The number of ether oxygens (including phenoxy) is 1. The molecule has 1 fully saturated rings. The maximum Gasteiger partial charge on any atom is 0.307 e. The van der Waals surface area contributed by atoms with Gasteiger partial charge in [-0.1, -0.05) is 62.4 Å². The fourth-order valence-electron chi connectivity index (χ4n) is 3.74. The van der Waals surface area contributed by atoms with Crippen molar-refractivity contribution in [1.29, 1.82) is 0 Å². The molecule has 2 rings (SSSR count). The summed E-state index contributed by atoms with van der Waals surface area (Å²) in [6.07, 6.45) is 9.81. The molecule has 0 bridgehead atoms. The number of nitrogens with zero attached hydrogens (tertiary/aromatic N) is 1. The highest BCUT2D eigenvalue weighted by Crippen LogP contribution is 2.23. The van der Waals surface area contributed by atoms with Crippen LogP contribution in [-0.2, 0) is 20.7 Å². The van der Waals surface area contributed by atoms with Crippen LogP contribution in [0.25, 0.3) is 0 Å². The van der Waals surface area contributed by atoms with Crippen LogP contribution in [0.4, 0.5) is 0 Å². The van der Waals surface area contributed by atoms with Gasteiger partial charge in [0.25, 0.3) is 0 Å². The van der Waals surface area contributed by atoms with Crippen molar-refractivity contribution in [1.82, 2.24) is 4.90 Å². The molecule has 1 aromatic rings. The Labute approximate surface area is 157 Å². The lowest BCUT2D eigenvalue weighted by atomic mass is 9.95. The fraction of sp³-hybridized carbons (Fsp3) is 0.636. The zero-order valence-corrected chi connectivity index (χ0v) is 16.1. The first-order chi connectivity index (χ1) is 12.7. The van der Waals surface area contributed by atoms with Crippen molar-refractivity contribution < 1.29 is 14.3 Å². The second-order valence-corrected chi connectivity index (χ2v) is 7.13. The topological polar surface area (TPSA) is 46.6 Å². The first-order valence-electron chi connectivity index (χ1n) is 10.2. The smallest absolute Gasteiger partial charge is 0.307 e. The van der Waals surface area contributed by atoms with Crippen LogP contribution in [0.3, 0.4) is 0 Å². The number of benzene rings is 1. The molecule has 1 aliphatic rings. The second kappa shape index (κ2) is 11.7. The molecule has 1 aliphatic carbocycles. The predicted molar refractivity (Wildman–Crippen MR) is 104 cm³/mol. The Balaban J connectivity index is 1.97. The second-order valence-electron chi connectivity index (χ2n) is 7.13. The van der Waals surface area contributed by atoms with Gasteiger partial charge in [0.2, 0.25) is 5.91 Å². The van der Waals surface area contributed by atoms with E-state index in [-0.39, 0.29) is 17.9 Å². The van der Waals surface area contributed by atoms with E-state index in [4.69, 9.17) is 4.74 Å². The summed E-state index contributed by atoms with van der Waals surface area (Å²) in [5, 5.41) is 0. The molecular weight excluding hydrogens is 326 g/mol. The summed E-state index contributed by atoms with van der Waals surface area (Å²) < 4.78 is 5.06. The molecule has 1 amide bonds. The van der Waals surface area contributed by atoms with Gasteiger partial charge in [-0.3, -0.25) is 9.59 Å². The third-order valence-corrected chi connectivity index (χ3v) is 5.17. The normalized spacial score (nSPS) is 15.7. The van der Waals surface area contributed by atoms with Crippen molar-refractivity contribution in [2.75, 3.05) is 13.2 Å². The molecule has 0 saturated heterocycles. The van der Waals surface area contributed by atoms with Crippen molar-refractivity contribution in [3.63, 3.8) is 0 Å². The summed E-state index contributed by atoms with van der Waals surface area (Å²) in [6, 6.07) is 10.4. The molecule has 0 N–H and O–H groups in total. The van der Waals surface area contributed by atoms with E-state index in [1.165, 1.54) is 37.7 Å². The van der Waals surface area contributed by atoms with Crippen LogP contribution in [0.2, 0.25) is 0 Å². The summed E-state index contributed by atoms with van der Waals surface area (Å²) in [5.74, 6) is -0.0390. The zero-order chi connectivity index (χ0) is 18.6. The van der Waals surface area contributed by atoms with Gasteiger partial charge in [-0.2, -0.15) is 0 Å². The van der Waals surface area contributed by atoms with E-state index in [0.29, 0.717) is 26.0 Å². The number of rotatable bonds is 8. The van der Waals surface area contributed by atoms with Gasteiger partial charge in [0.1, 0.15) is 0 Å². The van der Waals surface area contributed by atoms with Gasteiger partial charge in [0.05, 0.1) is 13.0 Å². The molecular formula is C22H33NO3. The monoisotopic (exact) mass is 359 g/mol. The number of hydrogen-bond acceptors (Lipinski definition) is 3. The molecule has 26 heavy (non-hydrogen) atoms. The van der Waals surface area contributed by atoms with Gasteiger partial charge < -0.3 is 9.64 Å². The Morgan fingerprint density at radius 2 is 1.65 bits per heavy atom. The van der Waals surface area contributed by atoms with E-state index in [1.54, 1.807) is 0 Å². The average Bonchev–Trinajstić information content (AvgIpc) is 2.62. The zero-order valence-electron chi connectivity index (χ0n) is 16.1. The standard InChI is InChI=1S/C22H33NO3/c1-2-26-22(25)17-18-23(20-13-9-4-3-5-10-14-20)21(24)16-15-19-11-7-6-8-12-19/h6-8,11-12,20H,2-5,9-10,13-18H2,1H3. The highest BCUT2D eigenvalue weighted by molar-refractivity contribution is 5.78. The van der Waals surface area contributed by atoms with Crippen LogP contribution >= 0.6 is 0 Å². The number of hydrogen-bond donors (Lipinski definition) is 0. The van der Waals surface area contributed by atoms with E-state index in [1.807, 2.05) is 30.0 Å². The van der Waals surface area contributed by atoms with Crippen molar-refractivity contribution in [3.8, 4) is 0 Å². The Morgan fingerprint density at radius 1 is 1.00 bits per heavy atom. The van der Waals surface area contributed by atoms with Crippen molar-refractivity contribution in [3.05, 3.63) is 35.9 Å². The number of aryl methyl sites for hydroxylation is 1. The Morgan fingerprint density at radius 3 is 2.31 bits per heavy atom. The van der Waals surface area contributed by atoms with Gasteiger partial charge in [0, 0.05) is 19.0 Å². The number of amides is 1. The number of carbonyl (C=O) groups is 2. The van der Waals surface area contributed by atoms with E-state index >= 15 is 0 Å². The quantitative estimate of drug-likeness (QED) is 0.641. The molecule has 0 radical (unpaired) electrons. The lowest BCUT2D eigenvalue weighted by molar-refractivity contribution is -0.144. The van der Waals surface area contributed by atoms with Crippen molar-refractivity contribution in [2.45, 2.75) is 77.2 Å². The van der Waals surface area contributed by atoms with Gasteiger partial charge in [-0.15, -0.1) is 0 Å². The minimum absolute atomic E-state index is 0.170. The van der Waals surface area contributed by atoms with Gasteiger partial charge in [0.15, 0.2) is 0 Å². The maximum atomic E-state index is 13.0. The highest BCUT2D eigenvalue weighted by Gasteiger charge is 2.24. The molecule has 0 spiro atoms. The van der Waals surface area contributed by atoms with Crippen LogP contribution < -0.4 is 0 Å².